The summed E-state index contributed by atoms with van der Waals surface area (Å²) >= 11 is 1.30. The number of hydrogen-bond donors (Lipinski definition) is 3. The number of benzene rings is 1. The molecule has 0 saturated carbocycles. The van der Waals surface area contributed by atoms with E-state index in [9.17, 15) is 18.0 Å². The van der Waals surface area contributed by atoms with Gasteiger partial charge in [-0.05, 0) is 46.8 Å². The van der Waals surface area contributed by atoms with Crippen LogP contribution in [-0.4, -0.2) is 56.6 Å². The van der Waals surface area contributed by atoms with Gasteiger partial charge in [-0.3, -0.25) is 9.59 Å². The summed E-state index contributed by atoms with van der Waals surface area (Å²) in [7, 11) is -0.562. The van der Waals surface area contributed by atoms with Crippen molar-refractivity contribution in [1.29, 1.82) is 0 Å². The molecule has 3 rings (SSSR count). The predicted molar refractivity (Wildman–Crippen MR) is 165 cm³/mol. The quantitative estimate of drug-likeness (QED) is 0.266. The van der Waals surface area contributed by atoms with E-state index in [2.05, 4.69) is 30.1 Å². The number of carbonyl (C=O) groups is 2. The molecule has 0 saturated heterocycles. The van der Waals surface area contributed by atoms with Crippen LogP contribution in [0.3, 0.4) is 0 Å². The highest BCUT2D eigenvalue weighted by Crippen LogP contribution is 2.39. The minimum absolute atomic E-state index is 0.0301. The van der Waals surface area contributed by atoms with E-state index in [1.54, 1.807) is 73.3 Å². The number of ether oxygens (including phenoxy) is 2. The van der Waals surface area contributed by atoms with Crippen molar-refractivity contribution < 1.29 is 27.5 Å². The first-order valence-corrected chi connectivity index (χ1v) is 15.2. The van der Waals surface area contributed by atoms with Gasteiger partial charge in [-0.1, -0.05) is 19.9 Å². The standard InChI is InChI=1S/C22H27N5O4S2.C4H8O2.C2H6/c1-13(28)26-14-7-8-16(19(10-14)33(29,30)27-22(2,3)4)18-12-25-21(32-18)20-17(31-6)9-15(23-5)11-24-20;1-4(2)6-3-5;1-2/h7-12,23,27H,1-6H3,(H,26,28);3-4H,1-2H3;1-2H3. The monoisotopic (exact) mass is 607 g/mol. The lowest BCUT2D eigenvalue weighted by Crippen LogP contribution is -2.40. The van der Waals surface area contributed by atoms with Crippen LogP contribution in [0.2, 0.25) is 0 Å². The first-order chi connectivity index (χ1) is 19.2. The largest absolute Gasteiger partial charge is 0.494 e. The Morgan fingerprint density at radius 3 is 2.22 bits per heavy atom. The summed E-state index contributed by atoms with van der Waals surface area (Å²) in [4.78, 5) is 30.5. The molecule has 0 fully saturated rings. The van der Waals surface area contributed by atoms with E-state index in [-0.39, 0.29) is 16.9 Å². The van der Waals surface area contributed by atoms with E-state index in [0.29, 0.717) is 39.1 Å². The Morgan fingerprint density at radius 2 is 1.73 bits per heavy atom. The number of carbonyl (C=O) groups excluding carboxylic acids is 2. The molecule has 226 valence electrons. The number of anilines is 2. The number of hydrogen-bond acceptors (Lipinski definition) is 10. The molecular weight excluding hydrogens is 566 g/mol. The Balaban J connectivity index is 0.000000931. The molecule has 0 aliphatic carbocycles. The zero-order valence-corrected chi connectivity index (χ0v) is 26.9. The maximum Gasteiger partial charge on any atom is 0.293 e. The predicted octanol–water partition coefficient (Wildman–Crippen LogP) is 5.55. The number of rotatable bonds is 9. The lowest BCUT2D eigenvalue weighted by molar-refractivity contribution is -0.132. The minimum atomic E-state index is -3.90. The highest BCUT2D eigenvalue weighted by Gasteiger charge is 2.27. The Labute approximate surface area is 247 Å². The van der Waals surface area contributed by atoms with Crippen LogP contribution in [0.25, 0.3) is 21.1 Å². The molecule has 0 bridgehead atoms. The first-order valence-electron chi connectivity index (χ1n) is 12.9. The van der Waals surface area contributed by atoms with Crippen LogP contribution in [0.1, 0.15) is 55.4 Å². The average Bonchev–Trinajstić information content (AvgIpc) is 3.38. The summed E-state index contributed by atoms with van der Waals surface area (Å²) in [6.45, 7) is 14.7. The zero-order valence-electron chi connectivity index (χ0n) is 25.3. The van der Waals surface area contributed by atoms with Crippen LogP contribution in [0.5, 0.6) is 5.75 Å². The minimum Gasteiger partial charge on any atom is -0.494 e. The van der Waals surface area contributed by atoms with Gasteiger partial charge >= 0.3 is 0 Å². The van der Waals surface area contributed by atoms with Gasteiger partial charge in [0.15, 0.2) is 0 Å². The molecule has 41 heavy (non-hydrogen) atoms. The lowest BCUT2D eigenvalue weighted by Gasteiger charge is -2.22. The molecule has 0 aliphatic rings. The van der Waals surface area contributed by atoms with Crippen LogP contribution in [0.4, 0.5) is 11.4 Å². The number of sulfonamides is 1. The van der Waals surface area contributed by atoms with Crippen LogP contribution >= 0.6 is 11.3 Å². The molecule has 2 heterocycles. The van der Waals surface area contributed by atoms with E-state index < -0.39 is 15.6 Å². The fourth-order valence-corrected chi connectivity index (χ4v) is 5.89. The molecule has 0 spiro atoms. The molecule has 0 atom stereocenters. The van der Waals surface area contributed by atoms with Gasteiger partial charge in [0.05, 0.1) is 34.9 Å². The zero-order chi connectivity index (χ0) is 31.4. The SMILES string of the molecule is CC.CC(C)OC=O.CNc1cnc(-c2ncc(-c3ccc(NC(C)=O)cc3S(=O)(=O)NC(C)(C)C)s2)c(OC)c1. The molecule has 1 amide bonds. The number of pyridine rings is 1. The van der Waals surface area contributed by atoms with Gasteiger partial charge < -0.3 is 20.1 Å². The Morgan fingerprint density at radius 1 is 1.07 bits per heavy atom. The van der Waals surface area contributed by atoms with Crippen LogP contribution < -0.4 is 20.1 Å². The molecule has 0 unspecified atom stereocenters. The fraction of sp³-hybridized carbons (Fsp3) is 0.429. The summed E-state index contributed by atoms with van der Waals surface area (Å²) in [6, 6.07) is 6.58. The van der Waals surface area contributed by atoms with Crippen molar-refractivity contribution in [2.24, 2.45) is 0 Å². The van der Waals surface area contributed by atoms with Crippen molar-refractivity contribution in [3.05, 3.63) is 36.7 Å². The van der Waals surface area contributed by atoms with Gasteiger partial charge in [0, 0.05) is 43.0 Å². The van der Waals surface area contributed by atoms with Crippen molar-refractivity contribution in [3.8, 4) is 26.9 Å². The van der Waals surface area contributed by atoms with Gasteiger partial charge in [0.1, 0.15) is 16.5 Å². The second kappa shape index (κ2) is 16.0. The molecule has 1 aromatic carbocycles. The second-order valence-corrected chi connectivity index (χ2v) is 12.3. The highest BCUT2D eigenvalue weighted by atomic mass is 32.2. The third-order valence-corrected chi connectivity index (χ3v) is 7.53. The number of amides is 1. The van der Waals surface area contributed by atoms with Gasteiger partial charge in [0.2, 0.25) is 15.9 Å². The average molecular weight is 608 g/mol. The third kappa shape index (κ3) is 11.1. The van der Waals surface area contributed by atoms with Crippen molar-refractivity contribution >= 4 is 45.1 Å². The van der Waals surface area contributed by atoms with E-state index >= 15 is 0 Å². The van der Waals surface area contributed by atoms with Crippen molar-refractivity contribution in [1.82, 2.24) is 14.7 Å². The molecule has 0 radical (unpaired) electrons. The second-order valence-electron chi connectivity index (χ2n) is 9.58. The third-order valence-electron chi connectivity index (χ3n) is 4.69. The molecule has 11 nitrogen and oxygen atoms in total. The molecule has 13 heteroatoms. The van der Waals surface area contributed by atoms with Gasteiger partial charge in [-0.15, -0.1) is 11.3 Å². The number of thiazole rings is 1. The van der Waals surface area contributed by atoms with Crippen LogP contribution in [-0.2, 0) is 24.3 Å². The smallest absolute Gasteiger partial charge is 0.293 e. The van der Waals surface area contributed by atoms with E-state index in [4.69, 9.17) is 4.74 Å². The fourth-order valence-electron chi connectivity index (χ4n) is 3.20. The summed E-state index contributed by atoms with van der Waals surface area (Å²) in [5.41, 5.74) is 1.51. The van der Waals surface area contributed by atoms with Gasteiger partial charge in [0.25, 0.3) is 6.47 Å². The van der Waals surface area contributed by atoms with Crippen molar-refractivity contribution in [2.75, 3.05) is 24.8 Å². The molecular formula is C28H41N5O6S2. The Kier molecular flexibility index (Phi) is 13.9. The number of nitrogens with zero attached hydrogens (tertiary/aromatic N) is 2. The lowest BCUT2D eigenvalue weighted by atomic mass is 10.1. The van der Waals surface area contributed by atoms with E-state index in [0.717, 1.165) is 5.69 Å². The summed E-state index contributed by atoms with van der Waals surface area (Å²) in [6.07, 6.45) is 3.31. The molecule has 2 aromatic heterocycles. The summed E-state index contributed by atoms with van der Waals surface area (Å²) < 4.78 is 39.0. The number of nitrogens with one attached hydrogen (secondary N) is 3. The maximum atomic E-state index is 13.2. The molecule has 3 aromatic rings. The molecule has 0 aliphatic heterocycles. The van der Waals surface area contributed by atoms with E-state index in [1.165, 1.54) is 24.3 Å². The maximum absolute atomic E-state index is 13.2. The number of methoxy groups -OCH3 is 1. The molecule has 3 N–H and O–H groups in total. The van der Waals surface area contributed by atoms with E-state index in [1.807, 2.05) is 19.9 Å². The van der Waals surface area contributed by atoms with Crippen LogP contribution in [0.15, 0.2) is 41.6 Å². The number of aromatic nitrogens is 2. The van der Waals surface area contributed by atoms with Crippen molar-refractivity contribution in [3.63, 3.8) is 0 Å². The van der Waals surface area contributed by atoms with Gasteiger partial charge in [-0.2, -0.15) is 0 Å². The highest BCUT2D eigenvalue weighted by molar-refractivity contribution is 7.89. The Bertz CT molecular complexity index is 1400. The topological polar surface area (TPSA) is 149 Å². The summed E-state index contributed by atoms with van der Waals surface area (Å²) in [5.74, 6) is 0.254. The van der Waals surface area contributed by atoms with Gasteiger partial charge in [-0.25, -0.2) is 23.1 Å². The Hall–Kier alpha value is -3.55. The van der Waals surface area contributed by atoms with Crippen LogP contribution in [0, 0.1) is 0 Å². The van der Waals surface area contributed by atoms with Crippen molar-refractivity contribution in [2.45, 2.75) is 71.9 Å². The summed E-state index contributed by atoms with van der Waals surface area (Å²) in [5, 5.41) is 6.24. The normalized spacial score (nSPS) is 10.9. The first kappa shape index (κ1) is 35.5.